The molecule has 3 aromatic carbocycles. The third-order valence-electron chi connectivity index (χ3n) is 5.23. The molecule has 0 radical (unpaired) electrons. The Labute approximate surface area is 149 Å². The van der Waals surface area contributed by atoms with Gasteiger partial charge < -0.3 is 9.55 Å². The van der Waals surface area contributed by atoms with Crippen molar-refractivity contribution in [3.63, 3.8) is 0 Å². The summed E-state index contributed by atoms with van der Waals surface area (Å²) in [5.41, 5.74) is 5.86. The van der Waals surface area contributed by atoms with Crippen LogP contribution in [0.5, 0.6) is 0 Å². The van der Waals surface area contributed by atoms with Crippen LogP contribution in [0.25, 0.3) is 49.3 Å². The molecule has 1 N–H and O–H groups in total. The highest BCUT2D eigenvalue weighted by atomic mass is 15.0. The van der Waals surface area contributed by atoms with Crippen LogP contribution in [0, 0.1) is 0 Å². The second-order valence-corrected chi connectivity index (χ2v) is 6.62. The van der Waals surface area contributed by atoms with Gasteiger partial charge in [0.05, 0.1) is 22.2 Å². The van der Waals surface area contributed by atoms with Crippen molar-refractivity contribution in [2.45, 2.75) is 0 Å². The molecule has 122 valence electrons. The van der Waals surface area contributed by atoms with Gasteiger partial charge >= 0.3 is 0 Å². The van der Waals surface area contributed by atoms with E-state index < -0.39 is 0 Å². The number of aromatic nitrogens is 3. The molecule has 0 aliphatic carbocycles. The standard InChI is InChI=1S/C23H15N3/c1-3-9-20-15(6-1)16-7-2-4-10-21(16)26(20)22-11-5-8-17-18-14-24-13-12-19(18)25-23(17)22/h1-14,25H. The Morgan fingerprint density at radius 2 is 1.35 bits per heavy atom. The summed E-state index contributed by atoms with van der Waals surface area (Å²) in [5.74, 6) is 0. The Balaban J connectivity index is 1.84. The van der Waals surface area contributed by atoms with Gasteiger partial charge in [0.1, 0.15) is 0 Å². The van der Waals surface area contributed by atoms with E-state index in [2.05, 4.69) is 81.3 Å². The number of nitrogens with one attached hydrogen (secondary N) is 1. The largest absolute Gasteiger partial charge is 0.353 e. The normalized spacial score (nSPS) is 11.8. The summed E-state index contributed by atoms with van der Waals surface area (Å²) in [6.45, 7) is 0. The molecule has 0 amide bonds. The molecule has 3 heteroatoms. The van der Waals surface area contributed by atoms with Gasteiger partial charge in [-0.15, -0.1) is 0 Å². The summed E-state index contributed by atoms with van der Waals surface area (Å²) in [5, 5.41) is 4.91. The van der Waals surface area contributed by atoms with Crippen molar-refractivity contribution in [2.24, 2.45) is 0 Å². The Kier molecular flexibility index (Phi) is 2.61. The summed E-state index contributed by atoms with van der Waals surface area (Å²) in [6, 6.07) is 25.7. The molecule has 0 unspecified atom stereocenters. The van der Waals surface area contributed by atoms with Crippen molar-refractivity contribution >= 4 is 43.6 Å². The molecule has 0 spiro atoms. The van der Waals surface area contributed by atoms with Gasteiger partial charge in [0, 0.05) is 39.5 Å². The van der Waals surface area contributed by atoms with Gasteiger partial charge in [-0.25, -0.2) is 0 Å². The first-order valence-electron chi connectivity index (χ1n) is 8.75. The number of hydrogen-bond acceptors (Lipinski definition) is 1. The Bertz CT molecular complexity index is 1380. The zero-order chi connectivity index (χ0) is 17.1. The van der Waals surface area contributed by atoms with Gasteiger partial charge in [0.15, 0.2) is 0 Å². The van der Waals surface area contributed by atoms with Crippen LogP contribution in [0.1, 0.15) is 0 Å². The van der Waals surface area contributed by atoms with E-state index in [1.165, 1.54) is 27.2 Å². The number of para-hydroxylation sites is 3. The average Bonchev–Trinajstić information content (AvgIpc) is 3.24. The van der Waals surface area contributed by atoms with Gasteiger partial charge in [-0.05, 0) is 24.3 Å². The van der Waals surface area contributed by atoms with Crippen LogP contribution in [0.4, 0.5) is 0 Å². The number of H-pyrrole nitrogens is 1. The highest BCUT2D eigenvalue weighted by Gasteiger charge is 2.15. The van der Waals surface area contributed by atoms with E-state index in [4.69, 9.17) is 0 Å². The van der Waals surface area contributed by atoms with E-state index in [0.717, 1.165) is 22.1 Å². The van der Waals surface area contributed by atoms with Crippen molar-refractivity contribution in [3.05, 3.63) is 85.2 Å². The molecule has 0 aliphatic rings. The first kappa shape index (κ1) is 13.7. The van der Waals surface area contributed by atoms with Gasteiger partial charge in [0.25, 0.3) is 0 Å². The van der Waals surface area contributed by atoms with E-state index >= 15 is 0 Å². The molecule has 0 bridgehead atoms. The minimum absolute atomic E-state index is 1.11. The monoisotopic (exact) mass is 333 g/mol. The van der Waals surface area contributed by atoms with Crippen molar-refractivity contribution in [3.8, 4) is 5.69 Å². The molecule has 0 atom stereocenters. The van der Waals surface area contributed by atoms with Crippen LogP contribution in [0.15, 0.2) is 85.2 Å². The minimum atomic E-state index is 1.11. The molecular formula is C23H15N3. The number of rotatable bonds is 1. The fraction of sp³-hybridized carbons (Fsp3) is 0. The third kappa shape index (κ3) is 1.69. The Morgan fingerprint density at radius 3 is 2.12 bits per heavy atom. The lowest BCUT2D eigenvalue weighted by molar-refractivity contribution is 1.19. The highest BCUT2D eigenvalue weighted by Crippen LogP contribution is 2.35. The van der Waals surface area contributed by atoms with Crippen LogP contribution in [-0.4, -0.2) is 14.5 Å². The molecular weight excluding hydrogens is 318 g/mol. The first-order chi connectivity index (χ1) is 12.9. The van der Waals surface area contributed by atoms with Crippen molar-refractivity contribution in [1.82, 2.24) is 14.5 Å². The summed E-state index contributed by atoms with van der Waals surface area (Å²) in [7, 11) is 0. The molecule has 26 heavy (non-hydrogen) atoms. The average molecular weight is 333 g/mol. The number of aromatic amines is 1. The minimum Gasteiger partial charge on any atom is -0.353 e. The zero-order valence-corrected chi connectivity index (χ0v) is 14.0. The summed E-state index contributed by atoms with van der Waals surface area (Å²) < 4.78 is 2.36. The number of benzene rings is 3. The number of nitrogens with zero attached hydrogens (tertiary/aromatic N) is 2. The smallest absolute Gasteiger partial charge is 0.0710 e. The van der Waals surface area contributed by atoms with Gasteiger partial charge in [-0.2, -0.15) is 0 Å². The lowest BCUT2D eigenvalue weighted by Gasteiger charge is -2.09. The lowest BCUT2D eigenvalue weighted by atomic mass is 10.1. The summed E-state index contributed by atoms with van der Waals surface area (Å²) in [4.78, 5) is 7.90. The van der Waals surface area contributed by atoms with Crippen molar-refractivity contribution in [1.29, 1.82) is 0 Å². The maximum Gasteiger partial charge on any atom is 0.0710 e. The molecule has 0 aliphatic heterocycles. The second kappa shape index (κ2) is 4.96. The third-order valence-corrected chi connectivity index (χ3v) is 5.23. The fourth-order valence-corrected chi connectivity index (χ4v) is 4.12. The van der Waals surface area contributed by atoms with Gasteiger partial charge in [-0.1, -0.05) is 48.5 Å². The second-order valence-electron chi connectivity index (χ2n) is 6.62. The zero-order valence-electron chi connectivity index (χ0n) is 14.0. The maximum absolute atomic E-state index is 4.30. The van der Waals surface area contributed by atoms with Crippen LogP contribution in [0.2, 0.25) is 0 Å². The van der Waals surface area contributed by atoms with E-state index in [1.54, 1.807) is 0 Å². The van der Waals surface area contributed by atoms with E-state index in [1.807, 2.05) is 18.5 Å². The Morgan fingerprint density at radius 1 is 0.654 bits per heavy atom. The summed E-state index contributed by atoms with van der Waals surface area (Å²) >= 11 is 0. The molecule has 0 saturated carbocycles. The topological polar surface area (TPSA) is 33.6 Å². The van der Waals surface area contributed by atoms with E-state index in [-0.39, 0.29) is 0 Å². The van der Waals surface area contributed by atoms with Crippen LogP contribution >= 0.6 is 0 Å². The van der Waals surface area contributed by atoms with Crippen LogP contribution in [0.3, 0.4) is 0 Å². The van der Waals surface area contributed by atoms with E-state index in [0.29, 0.717) is 0 Å². The molecule has 3 nitrogen and oxygen atoms in total. The predicted octanol–water partition coefficient (Wildman–Crippen LogP) is 5.81. The first-order valence-corrected chi connectivity index (χ1v) is 8.75. The van der Waals surface area contributed by atoms with E-state index in [9.17, 15) is 0 Å². The predicted molar refractivity (Wildman–Crippen MR) is 108 cm³/mol. The lowest BCUT2D eigenvalue weighted by Crippen LogP contribution is -1.94. The van der Waals surface area contributed by atoms with Crippen LogP contribution < -0.4 is 0 Å². The molecule has 3 heterocycles. The molecule has 6 rings (SSSR count). The number of fused-ring (bicyclic) bond motifs is 6. The summed E-state index contributed by atoms with van der Waals surface area (Å²) in [6.07, 6.45) is 3.77. The molecule has 6 aromatic rings. The quantitative estimate of drug-likeness (QED) is 0.404. The fourth-order valence-electron chi connectivity index (χ4n) is 4.12. The van der Waals surface area contributed by atoms with Crippen molar-refractivity contribution in [2.75, 3.05) is 0 Å². The van der Waals surface area contributed by atoms with Crippen molar-refractivity contribution < 1.29 is 0 Å². The molecule has 3 aromatic heterocycles. The highest BCUT2D eigenvalue weighted by molar-refractivity contribution is 6.13. The van der Waals surface area contributed by atoms with Gasteiger partial charge in [0.2, 0.25) is 0 Å². The van der Waals surface area contributed by atoms with Crippen LogP contribution in [-0.2, 0) is 0 Å². The molecule has 0 fully saturated rings. The Hall–Kier alpha value is -3.59. The maximum atomic E-state index is 4.30. The van der Waals surface area contributed by atoms with Gasteiger partial charge in [-0.3, -0.25) is 4.98 Å². The molecule has 0 saturated heterocycles. The number of hydrogen-bond donors (Lipinski definition) is 1. The number of pyridine rings is 1. The SMILES string of the molecule is c1cc(-n2c3ccccc3c3ccccc32)c2[nH]c3ccncc3c2c1.